The highest BCUT2D eigenvalue weighted by atomic mass is 35.7. The molecule has 0 unspecified atom stereocenters. The highest BCUT2D eigenvalue weighted by Crippen LogP contribution is 2.45. The van der Waals surface area contributed by atoms with E-state index in [9.17, 15) is 0 Å². The minimum Gasteiger partial charge on any atom is -0.222 e. The van der Waals surface area contributed by atoms with Crippen molar-refractivity contribution >= 4 is 11.8 Å². The Morgan fingerprint density at radius 3 is 0.707 bits per heavy atom. The number of aryl methyl sites for hydroxylation is 2. The number of thioether (sulfide) groups is 1. The Hall–Kier alpha value is -7.33. The molecule has 0 radical (unpaired) electrons. The molecule has 13 heteroatoms. The third-order valence-corrected chi connectivity index (χ3v) is 13.1. The van der Waals surface area contributed by atoms with Gasteiger partial charge in [-0.2, -0.15) is 0 Å². The van der Waals surface area contributed by atoms with E-state index in [2.05, 4.69) is 264 Å². The van der Waals surface area contributed by atoms with Gasteiger partial charge in [0.05, 0.1) is 11.5 Å². The van der Waals surface area contributed by atoms with E-state index < -0.39 is 20.5 Å². The number of pyridine rings is 2. The van der Waals surface area contributed by atoms with Crippen LogP contribution in [0.5, 0.6) is 0 Å². The Morgan fingerprint density at radius 2 is 0.480 bits per heavy atom. The molecule has 0 fully saturated rings. The lowest BCUT2D eigenvalue weighted by molar-refractivity contribution is -2.00. The highest BCUT2D eigenvalue weighted by Gasteiger charge is 2.20. The van der Waals surface area contributed by atoms with Crippen molar-refractivity contribution < 1.29 is 66.9 Å². The van der Waals surface area contributed by atoms with Crippen molar-refractivity contribution in [2.45, 2.75) is 13.1 Å². The molecule has 0 spiro atoms. The number of nitrogens with zero attached hydrogens (tertiary/aromatic N) is 2. The van der Waals surface area contributed by atoms with Crippen molar-refractivity contribution in [1.29, 1.82) is 0 Å². The van der Waals surface area contributed by atoms with Crippen molar-refractivity contribution in [3.05, 3.63) is 255 Å². The lowest BCUT2D eigenvalue weighted by Gasteiger charge is -2.19. The molecule has 2 aromatic heterocycles. The predicted octanol–water partition coefficient (Wildman–Crippen LogP) is 5.52. The third kappa shape index (κ3) is 15.8. The lowest BCUT2D eigenvalue weighted by atomic mass is 9.85. The van der Waals surface area contributed by atoms with Crippen LogP contribution in [-0.4, -0.2) is 11.5 Å². The smallest absolute Gasteiger partial charge is 0.169 e. The van der Waals surface area contributed by atoms with E-state index in [1.165, 1.54) is 89.0 Å². The molecule has 10 rings (SSSR count). The second-order valence-electron chi connectivity index (χ2n) is 17.1. The van der Waals surface area contributed by atoms with E-state index in [1.807, 2.05) is 11.8 Å². The third-order valence-electron chi connectivity index (χ3n) is 12.2. The largest absolute Gasteiger partial charge is 0.222 e. The van der Waals surface area contributed by atoms with Crippen molar-refractivity contribution in [1.82, 2.24) is 0 Å². The van der Waals surface area contributed by atoms with E-state index >= 15 is 0 Å². The highest BCUT2D eigenvalue weighted by molar-refractivity contribution is 7.99. The zero-order valence-corrected chi connectivity index (χ0v) is 42.7. The molecule has 75 heavy (non-hydrogen) atoms. The van der Waals surface area contributed by atoms with Crippen LogP contribution in [0.4, 0.5) is 0 Å². The van der Waals surface area contributed by atoms with Crippen LogP contribution in [0.1, 0.15) is 0 Å². The predicted molar refractivity (Wildman–Crippen MR) is 274 cm³/mol. The molecule has 0 saturated heterocycles. The van der Waals surface area contributed by atoms with E-state index in [1.54, 1.807) is 0 Å². The summed E-state index contributed by atoms with van der Waals surface area (Å²) in [5.74, 6) is 2.07. The first-order valence-corrected chi connectivity index (χ1v) is 27.4. The molecule has 0 bridgehead atoms. The Bertz CT molecular complexity index is 2990. The summed E-state index contributed by atoms with van der Waals surface area (Å²) in [6, 6.07) is 83.3. The maximum absolute atomic E-state index is 8.49. The maximum Gasteiger partial charge on any atom is 0.169 e. The number of rotatable bonds is 14. The average Bonchev–Trinajstić information content (AvgIpc) is 3.44. The number of benzene rings is 8. The van der Waals surface area contributed by atoms with Crippen LogP contribution in [0, 0.1) is 20.5 Å². The maximum atomic E-state index is 8.49. The van der Waals surface area contributed by atoms with Gasteiger partial charge in [-0.25, -0.2) is 46.4 Å². The molecule has 10 aromatic rings. The molecule has 376 valence electrons. The minimum absolute atomic E-state index is 0.947. The van der Waals surface area contributed by atoms with Gasteiger partial charge < -0.3 is 0 Å². The average molecular weight is 1050 g/mol. The van der Waals surface area contributed by atoms with Gasteiger partial charge in [-0.05, 0) is 113 Å². The van der Waals surface area contributed by atoms with E-state index in [4.69, 9.17) is 37.3 Å². The topological polar surface area (TPSA) is 192 Å². The van der Waals surface area contributed by atoms with Crippen LogP contribution >= 0.6 is 11.8 Å². The standard InChI is InChI=1S/C62H50N2S.2ClHO4/c1-7-19-47(20-8-1)55-43-57(49-23-11-3-12-24-49)61(58(44-55)50-25-13-4-14-26-50)53-31-35-63(36-32-53)39-41-65-42-40-64-37-33-54(34-38-64)62-59(51-27-15-5-16-28-51)45-56(48-21-9-2-10-22-48)46-60(62)52-29-17-6-18-30-52;2*2-1(3,4)5/h1-38,43-46H,39-42H2;2*(H,2,3,4,5)/q+2;;/p-2. The molecule has 0 saturated carbocycles. The van der Waals surface area contributed by atoms with Gasteiger partial charge in [0.1, 0.15) is 0 Å². The van der Waals surface area contributed by atoms with Crippen LogP contribution < -0.4 is 46.4 Å². The SMILES string of the molecule is [O-][Cl+3]([O-])([O-])[O-].[O-][Cl+3]([O-])([O-])[O-].c1ccc(-c2cc(-c3ccccc3)c(-c3cc[n+](CCSCC[n+]4ccc(-c5c(-c6ccccc6)cc(-c6ccccc6)cc5-c5ccccc5)cc4)cc3)c(-c3ccccc3)c2)cc1. The second kappa shape index (κ2) is 25.7. The molecule has 0 aliphatic rings. The fraction of sp³-hybridized carbons (Fsp3) is 0.0645. The zero-order chi connectivity index (χ0) is 52.6. The molecule has 0 amide bonds. The van der Waals surface area contributed by atoms with Crippen LogP contribution in [0.3, 0.4) is 0 Å². The zero-order valence-electron chi connectivity index (χ0n) is 40.4. The summed E-state index contributed by atoms with van der Waals surface area (Å²) in [5.41, 5.74) is 19.6. The molecule has 0 atom stereocenters. The first kappa shape index (κ1) is 53.9. The van der Waals surface area contributed by atoms with E-state index in [0.717, 1.165) is 24.6 Å². The number of hydrogen-bond acceptors (Lipinski definition) is 9. The lowest BCUT2D eigenvalue weighted by Crippen LogP contribution is -2.68. The molecule has 8 aromatic carbocycles. The Balaban J connectivity index is 0.000000685. The molecule has 0 aliphatic carbocycles. The first-order valence-electron chi connectivity index (χ1n) is 23.7. The number of hydrogen-bond donors (Lipinski definition) is 0. The van der Waals surface area contributed by atoms with Crippen molar-refractivity contribution in [3.63, 3.8) is 0 Å². The van der Waals surface area contributed by atoms with Crippen LogP contribution in [-0.2, 0) is 13.1 Å². The van der Waals surface area contributed by atoms with Crippen molar-refractivity contribution in [3.8, 4) is 89.0 Å². The van der Waals surface area contributed by atoms with Gasteiger partial charge in [0, 0.05) is 24.3 Å². The summed E-state index contributed by atoms with van der Waals surface area (Å²) in [5, 5.41) is 0. The first-order chi connectivity index (χ1) is 36.2. The Labute approximate surface area is 445 Å². The summed E-state index contributed by atoms with van der Waals surface area (Å²) < 4.78 is 72.6. The van der Waals surface area contributed by atoms with Gasteiger partial charge in [-0.15, -0.1) is 32.2 Å². The van der Waals surface area contributed by atoms with Gasteiger partial charge in [0.25, 0.3) is 0 Å². The van der Waals surface area contributed by atoms with E-state index in [-0.39, 0.29) is 0 Å². The summed E-state index contributed by atoms with van der Waals surface area (Å²) in [7, 11) is -9.89. The van der Waals surface area contributed by atoms with Gasteiger partial charge >= 0.3 is 0 Å². The second-order valence-corrected chi connectivity index (χ2v) is 19.8. The normalized spacial score (nSPS) is 11.2. The molecule has 0 aliphatic heterocycles. The fourth-order valence-corrected chi connectivity index (χ4v) is 9.75. The number of aromatic nitrogens is 2. The molecule has 10 nitrogen and oxygen atoms in total. The fourth-order valence-electron chi connectivity index (χ4n) is 8.87. The Kier molecular flexibility index (Phi) is 18.5. The summed E-state index contributed by atoms with van der Waals surface area (Å²) in [6.07, 6.45) is 8.99. The molecule has 2 heterocycles. The van der Waals surface area contributed by atoms with Crippen molar-refractivity contribution in [2.24, 2.45) is 0 Å². The van der Waals surface area contributed by atoms with E-state index in [0.29, 0.717) is 0 Å². The number of halogens is 2. The van der Waals surface area contributed by atoms with Crippen LogP contribution in [0.25, 0.3) is 89.0 Å². The van der Waals surface area contributed by atoms with Gasteiger partial charge in [0.15, 0.2) is 37.9 Å². The minimum atomic E-state index is -4.94. The van der Waals surface area contributed by atoms with Gasteiger partial charge in [-0.3, -0.25) is 0 Å². The van der Waals surface area contributed by atoms with Gasteiger partial charge in [-0.1, -0.05) is 182 Å². The summed E-state index contributed by atoms with van der Waals surface area (Å²) in [6.45, 7) is 1.89. The van der Waals surface area contributed by atoms with Crippen LogP contribution in [0.15, 0.2) is 255 Å². The van der Waals surface area contributed by atoms with Gasteiger partial charge in [0.2, 0.25) is 0 Å². The van der Waals surface area contributed by atoms with Crippen molar-refractivity contribution in [2.75, 3.05) is 11.5 Å². The quantitative estimate of drug-likeness (QED) is 0.0997. The summed E-state index contributed by atoms with van der Waals surface area (Å²) in [4.78, 5) is 0. The monoisotopic (exact) mass is 1050 g/mol. The molecular weight excluding hydrogens is 1000 g/mol. The van der Waals surface area contributed by atoms with Crippen LogP contribution in [0.2, 0.25) is 0 Å². The molecular formula is C62H50Cl2N2O8S. The summed E-state index contributed by atoms with van der Waals surface area (Å²) >= 11 is 2.00. The Morgan fingerprint density at radius 1 is 0.267 bits per heavy atom. The molecule has 0 N–H and O–H groups in total.